The molecule has 0 radical (unpaired) electrons. The number of hydrogen-bond acceptors (Lipinski definition) is 3. The molecule has 0 aliphatic carbocycles. The number of hydrogen-bond donors (Lipinski definition) is 1. The van der Waals surface area contributed by atoms with Gasteiger partial charge in [0.1, 0.15) is 0 Å². The van der Waals surface area contributed by atoms with Gasteiger partial charge in [-0.15, -0.1) is 0 Å². The minimum Gasteiger partial charge on any atom is -0.380 e. The smallest absolute Gasteiger partial charge is 0.0619 e. The quantitative estimate of drug-likeness (QED) is 0.661. The third-order valence-corrected chi connectivity index (χ3v) is 2.15. The van der Waals surface area contributed by atoms with Gasteiger partial charge < -0.3 is 15.0 Å². The molecule has 0 aromatic carbocycles. The van der Waals surface area contributed by atoms with E-state index in [0.717, 1.165) is 26.3 Å². The maximum absolute atomic E-state index is 5.36. The average molecular weight is 172 g/mol. The van der Waals surface area contributed by atoms with Gasteiger partial charge in [-0.25, -0.2) is 0 Å². The normalized spacial score (nSPS) is 24.8. The highest BCUT2D eigenvalue weighted by atomic mass is 16.5. The van der Waals surface area contributed by atoms with Crippen molar-refractivity contribution in [1.29, 1.82) is 0 Å². The van der Waals surface area contributed by atoms with E-state index in [2.05, 4.69) is 24.3 Å². The molecule has 1 rings (SSSR count). The van der Waals surface area contributed by atoms with Crippen LogP contribution in [0.1, 0.15) is 12.8 Å². The zero-order chi connectivity index (χ0) is 8.81. The second kappa shape index (κ2) is 5.51. The lowest BCUT2D eigenvalue weighted by Crippen LogP contribution is -2.40. The van der Waals surface area contributed by atoms with Crippen LogP contribution in [0.3, 0.4) is 0 Å². The van der Waals surface area contributed by atoms with Gasteiger partial charge in [0.05, 0.1) is 6.61 Å². The third-order valence-electron chi connectivity index (χ3n) is 2.15. The summed E-state index contributed by atoms with van der Waals surface area (Å²) >= 11 is 0. The topological polar surface area (TPSA) is 24.5 Å². The van der Waals surface area contributed by atoms with Gasteiger partial charge in [0, 0.05) is 25.7 Å². The molecule has 1 heterocycles. The van der Waals surface area contributed by atoms with Crippen molar-refractivity contribution in [1.82, 2.24) is 10.2 Å². The number of ether oxygens (including phenoxy) is 1. The van der Waals surface area contributed by atoms with Gasteiger partial charge in [-0.1, -0.05) is 0 Å². The maximum Gasteiger partial charge on any atom is 0.0619 e. The van der Waals surface area contributed by atoms with Gasteiger partial charge in [0.15, 0.2) is 0 Å². The molecule has 12 heavy (non-hydrogen) atoms. The fourth-order valence-electron chi connectivity index (χ4n) is 1.39. The SMILES string of the molecule is CN(C)CCNC1CCCOC1. The minimum atomic E-state index is 0.596. The van der Waals surface area contributed by atoms with E-state index < -0.39 is 0 Å². The van der Waals surface area contributed by atoms with Gasteiger partial charge in [-0.3, -0.25) is 0 Å². The fourth-order valence-corrected chi connectivity index (χ4v) is 1.39. The summed E-state index contributed by atoms with van der Waals surface area (Å²) < 4.78 is 5.36. The van der Waals surface area contributed by atoms with E-state index in [1.54, 1.807) is 0 Å². The molecule has 72 valence electrons. The first kappa shape index (κ1) is 9.96. The molecule has 1 N–H and O–H groups in total. The molecule has 0 spiro atoms. The molecule has 0 aromatic rings. The van der Waals surface area contributed by atoms with E-state index in [0.29, 0.717) is 6.04 Å². The van der Waals surface area contributed by atoms with Crippen molar-refractivity contribution in [2.75, 3.05) is 40.4 Å². The first-order chi connectivity index (χ1) is 5.79. The maximum atomic E-state index is 5.36. The van der Waals surface area contributed by atoms with Crippen LogP contribution in [0.5, 0.6) is 0 Å². The monoisotopic (exact) mass is 172 g/mol. The van der Waals surface area contributed by atoms with Crippen molar-refractivity contribution in [3.63, 3.8) is 0 Å². The third kappa shape index (κ3) is 4.04. The number of nitrogens with zero attached hydrogens (tertiary/aromatic N) is 1. The van der Waals surface area contributed by atoms with Crippen LogP contribution < -0.4 is 5.32 Å². The van der Waals surface area contributed by atoms with Gasteiger partial charge >= 0.3 is 0 Å². The summed E-state index contributed by atoms with van der Waals surface area (Å²) in [5.74, 6) is 0. The highest BCUT2D eigenvalue weighted by Gasteiger charge is 2.11. The Morgan fingerprint density at radius 1 is 1.50 bits per heavy atom. The zero-order valence-electron chi connectivity index (χ0n) is 8.18. The Hall–Kier alpha value is -0.120. The van der Waals surface area contributed by atoms with Crippen molar-refractivity contribution in [3.8, 4) is 0 Å². The average Bonchev–Trinajstić information content (AvgIpc) is 2.05. The second-order valence-corrected chi connectivity index (χ2v) is 3.67. The van der Waals surface area contributed by atoms with Gasteiger partial charge in [0.25, 0.3) is 0 Å². The molecule has 1 fully saturated rings. The molecule has 0 amide bonds. The van der Waals surface area contributed by atoms with Crippen LogP contribution in [-0.2, 0) is 4.74 Å². The summed E-state index contributed by atoms with van der Waals surface area (Å²) in [4.78, 5) is 2.19. The predicted octanol–water partition coefficient (Wildman–Crippen LogP) is 0.317. The Morgan fingerprint density at radius 2 is 2.33 bits per heavy atom. The van der Waals surface area contributed by atoms with E-state index in [9.17, 15) is 0 Å². The molecule has 1 aliphatic heterocycles. The fraction of sp³-hybridized carbons (Fsp3) is 1.00. The Labute approximate surface area is 75.1 Å². The summed E-state index contributed by atoms with van der Waals surface area (Å²) in [5.41, 5.74) is 0. The molecule has 1 atom stereocenters. The molecule has 0 aromatic heterocycles. The lowest BCUT2D eigenvalue weighted by molar-refractivity contribution is 0.0700. The Kier molecular flexibility index (Phi) is 4.58. The summed E-state index contributed by atoms with van der Waals surface area (Å²) in [6, 6.07) is 0.596. The van der Waals surface area contributed by atoms with Crippen molar-refractivity contribution < 1.29 is 4.74 Å². The van der Waals surface area contributed by atoms with E-state index in [-0.39, 0.29) is 0 Å². The molecule has 1 saturated heterocycles. The van der Waals surface area contributed by atoms with Gasteiger partial charge in [0.2, 0.25) is 0 Å². The minimum absolute atomic E-state index is 0.596. The Morgan fingerprint density at radius 3 is 2.92 bits per heavy atom. The molecular weight excluding hydrogens is 152 g/mol. The largest absolute Gasteiger partial charge is 0.380 e. The standard InChI is InChI=1S/C9H20N2O/c1-11(2)6-5-10-9-4-3-7-12-8-9/h9-10H,3-8H2,1-2H3. The first-order valence-corrected chi connectivity index (χ1v) is 4.75. The van der Waals surface area contributed by atoms with Crippen LogP contribution in [0, 0.1) is 0 Å². The Balaban J connectivity index is 1.98. The summed E-state index contributed by atoms with van der Waals surface area (Å²) in [6.45, 7) is 4.02. The molecule has 3 heteroatoms. The highest BCUT2D eigenvalue weighted by Crippen LogP contribution is 2.04. The lowest BCUT2D eigenvalue weighted by Gasteiger charge is -2.23. The Bertz CT molecular complexity index is 111. The van der Waals surface area contributed by atoms with Crippen molar-refractivity contribution >= 4 is 0 Å². The predicted molar refractivity (Wildman–Crippen MR) is 50.4 cm³/mol. The van der Waals surface area contributed by atoms with Crippen LogP contribution in [-0.4, -0.2) is 51.3 Å². The number of likely N-dealkylation sites (N-methyl/N-ethyl adjacent to an activating group) is 1. The summed E-state index contributed by atoms with van der Waals surface area (Å²) in [5, 5.41) is 3.49. The number of rotatable bonds is 4. The van der Waals surface area contributed by atoms with Crippen LogP contribution in [0.4, 0.5) is 0 Å². The molecular formula is C9H20N2O. The molecule has 3 nitrogen and oxygen atoms in total. The van der Waals surface area contributed by atoms with E-state index in [1.165, 1.54) is 12.8 Å². The van der Waals surface area contributed by atoms with Crippen molar-refractivity contribution in [2.45, 2.75) is 18.9 Å². The van der Waals surface area contributed by atoms with Crippen LogP contribution in [0.15, 0.2) is 0 Å². The molecule has 0 bridgehead atoms. The zero-order valence-corrected chi connectivity index (χ0v) is 8.18. The summed E-state index contributed by atoms with van der Waals surface area (Å²) in [7, 11) is 4.19. The highest BCUT2D eigenvalue weighted by molar-refractivity contribution is 4.69. The van der Waals surface area contributed by atoms with E-state index in [1.807, 2.05) is 0 Å². The van der Waals surface area contributed by atoms with E-state index in [4.69, 9.17) is 4.74 Å². The van der Waals surface area contributed by atoms with Crippen LogP contribution in [0.2, 0.25) is 0 Å². The van der Waals surface area contributed by atoms with Gasteiger partial charge in [-0.05, 0) is 26.9 Å². The van der Waals surface area contributed by atoms with Crippen LogP contribution >= 0.6 is 0 Å². The summed E-state index contributed by atoms with van der Waals surface area (Å²) in [6.07, 6.45) is 2.48. The first-order valence-electron chi connectivity index (χ1n) is 4.75. The lowest BCUT2D eigenvalue weighted by atomic mass is 10.1. The van der Waals surface area contributed by atoms with Crippen molar-refractivity contribution in [3.05, 3.63) is 0 Å². The molecule has 1 unspecified atom stereocenters. The van der Waals surface area contributed by atoms with Gasteiger partial charge in [-0.2, -0.15) is 0 Å². The number of nitrogens with one attached hydrogen (secondary N) is 1. The van der Waals surface area contributed by atoms with E-state index >= 15 is 0 Å². The molecule has 0 saturated carbocycles. The van der Waals surface area contributed by atoms with Crippen molar-refractivity contribution in [2.24, 2.45) is 0 Å². The van der Waals surface area contributed by atoms with Crippen LogP contribution in [0.25, 0.3) is 0 Å². The second-order valence-electron chi connectivity index (χ2n) is 3.67. The molecule has 1 aliphatic rings.